The molecule has 1 N–H and O–H groups in total. The minimum absolute atomic E-state index is 0.197. The molecule has 2 aromatic rings. The predicted molar refractivity (Wildman–Crippen MR) is 72.6 cm³/mol. The molecule has 5 heteroatoms. The summed E-state index contributed by atoms with van der Waals surface area (Å²) in [6.45, 7) is 5.98. The first kappa shape index (κ1) is 12.3. The normalized spacial score (nSPS) is 15.5. The average molecular weight is 257 g/mol. The van der Waals surface area contributed by atoms with Crippen molar-refractivity contribution in [1.29, 1.82) is 0 Å². The van der Waals surface area contributed by atoms with Crippen molar-refractivity contribution >= 4 is 0 Å². The lowest BCUT2D eigenvalue weighted by Gasteiger charge is -2.13. The minimum atomic E-state index is 0.197. The Bertz CT molecular complexity index is 558. The van der Waals surface area contributed by atoms with Crippen molar-refractivity contribution in [3.63, 3.8) is 0 Å². The Morgan fingerprint density at radius 1 is 1.37 bits per heavy atom. The van der Waals surface area contributed by atoms with E-state index >= 15 is 0 Å². The van der Waals surface area contributed by atoms with Gasteiger partial charge in [-0.25, -0.2) is 0 Å². The van der Waals surface area contributed by atoms with Crippen LogP contribution in [0.25, 0.3) is 0 Å². The highest BCUT2D eigenvalue weighted by Crippen LogP contribution is 2.19. The fraction of sp³-hybridized carbons (Fsp3) is 0.500. The summed E-state index contributed by atoms with van der Waals surface area (Å²) >= 11 is 0. The van der Waals surface area contributed by atoms with Gasteiger partial charge in [-0.3, -0.25) is 4.98 Å². The van der Waals surface area contributed by atoms with E-state index in [1.807, 2.05) is 13.1 Å². The van der Waals surface area contributed by atoms with Crippen LogP contribution < -0.4 is 5.32 Å². The number of nitrogens with zero attached hydrogens (tertiary/aromatic N) is 4. The molecule has 1 aliphatic heterocycles. The van der Waals surface area contributed by atoms with E-state index in [0.717, 1.165) is 36.9 Å². The Labute approximate surface area is 113 Å². The quantitative estimate of drug-likeness (QED) is 0.907. The van der Waals surface area contributed by atoms with Crippen molar-refractivity contribution in [2.24, 2.45) is 0 Å². The summed E-state index contributed by atoms with van der Waals surface area (Å²) in [6.07, 6.45) is 4.14. The zero-order valence-electron chi connectivity index (χ0n) is 11.4. The van der Waals surface area contributed by atoms with Crippen molar-refractivity contribution in [1.82, 2.24) is 25.1 Å². The van der Waals surface area contributed by atoms with Gasteiger partial charge in [0.2, 0.25) is 0 Å². The van der Waals surface area contributed by atoms with Crippen molar-refractivity contribution in [3.8, 4) is 0 Å². The zero-order chi connectivity index (χ0) is 13.2. The van der Waals surface area contributed by atoms with E-state index in [0.29, 0.717) is 0 Å². The molecule has 0 amide bonds. The minimum Gasteiger partial charge on any atom is -0.314 e. The standard InChI is InChI=1S/C14H19N5/c1-10-5-6-12(16-8-10)9-15-11(2)14-18-17-13-4-3-7-19(13)14/h5-6,8,11,15H,3-4,7,9H2,1-2H3. The van der Waals surface area contributed by atoms with Gasteiger partial charge in [0.05, 0.1) is 11.7 Å². The molecule has 0 bridgehead atoms. The molecule has 0 radical (unpaired) electrons. The Morgan fingerprint density at radius 2 is 2.26 bits per heavy atom. The van der Waals surface area contributed by atoms with Crippen molar-refractivity contribution in [3.05, 3.63) is 41.2 Å². The molecule has 1 aliphatic rings. The molecule has 0 saturated heterocycles. The maximum absolute atomic E-state index is 4.40. The lowest BCUT2D eigenvalue weighted by Crippen LogP contribution is -2.22. The van der Waals surface area contributed by atoms with Gasteiger partial charge < -0.3 is 9.88 Å². The summed E-state index contributed by atoms with van der Waals surface area (Å²) in [5.41, 5.74) is 2.24. The first-order chi connectivity index (χ1) is 9.24. The van der Waals surface area contributed by atoms with Crippen LogP contribution in [0.3, 0.4) is 0 Å². The lowest BCUT2D eigenvalue weighted by molar-refractivity contribution is 0.512. The Hall–Kier alpha value is -1.75. The van der Waals surface area contributed by atoms with Gasteiger partial charge in [-0.05, 0) is 31.9 Å². The average Bonchev–Trinajstić information content (AvgIpc) is 3.00. The van der Waals surface area contributed by atoms with E-state index in [1.165, 1.54) is 12.0 Å². The van der Waals surface area contributed by atoms with Gasteiger partial charge in [0, 0.05) is 25.7 Å². The van der Waals surface area contributed by atoms with E-state index in [4.69, 9.17) is 0 Å². The molecule has 0 spiro atoms. The fourth-order valence-electron chi connectivity index (χ4n) is 2.45. The van der Waals surface area contributed by atoms with Gasteiger partial charge in [0.15, 0.2) is 0 Å². The summed E-state index contributed by atoms with van der Waals surface area (Å²) in [7, 11) is 0. The number of fused-ring (bicyclic) bond motifs is 1. The number of hydrogen-bond acceptors (Lipinski definition) is 4. The van der Waals surface area contributed by atoms with E-state index in [2.05, 4.69) is 44.1 Å². The molecule has 3 rings (SSSR count). The van der Waals surface area contributed by atoms with Crippen molar-refractivity contribution in [2.45, 2.75) is 45.8 Å². The molecule has 1 atom stereocenters. The van der Waals surface area contributed by atoms with Crippen LogP contribution in [0, 0.1) is 6.92 Å². The van der Waals surface area contributed by atoms with Gasteiger partial charge in [-0.1, -0.05) is 6.07 Å². The molecular formula is C14H19N5. The van der Waals surface area contributed by atoms with Crippen LogP contribution in [-0.2, 0) is 19.5 Å². The van der Waals surface area contributed by atoms with E-state index in [9.17, 15) is 0 Å². The van der Waals surface area contributed by atoms with Crippen LogP contribution in [0.15, 0.2) is 18.3 Å². The van der Waals surface area contributed by atoms with Gasteiger partial charge in [-0.2, -0.15) is 0 Å². The predicted octanol–water partition coefficient (Wildman–Crippen LogP) is 1.78. The third-order valence-corrected chi connectivity index (χ3v) is 3.59. The smallest absolute Gasteiger partial charge is 0.149 e. The lowest BCUT2D eigenvalue weighted by atomic mass is 10.2. The van der Waals surface area contributed by atoms with Crippen LogP contribution in [0.1, 0.15) is 42.3 Å². The van der Waals surface area contributed by atoms with E-state index in [-0.39, 0.29) is 6.04 Å². The van der Waals surface area contributed by atoms with Crippen molar-refractivity contribution < 1.29 is 0 Å². The summed E-state index contributed by atoms with van der Waals surface area (Å²) in [6, 6.07) is 4.34. The Balaban J connectivity index is 1.65. The number of aromatic nitrogens is 4. The number of rotatable bonds is 4. The van der Waals surface area contributed by atoms with Crippen LogP contribution in [0.5, 0.6) is 0 Å². The maximum atomic E-state index is 4.40. The number of aryl methyl sites for hydroxylation is 2. The summed E-state index contributed by atoms with van der Waals surface area (Å²) in [5.74, 6) is 2.16. The highest BCUT2D eigenvalue weighted by atomic mass is 15.3. The SMILES string of the molecule is Cc1ccc(CNC(C)c2nnc3n2CCC3)nc1. The number of pyridine rings is 1. The first-order valence-electron chi connectivity index (χ1n) is 6.81. The Morgan fingerprint density at radius 3 is 3.05 bits per heavy atom. The first-order valence-corrected chi connectivity index (χ1v) is 6.81. The van der Waals surface area contributed by atoms with Crippen LogP contribution >= 0.6 is 0 Å². The molecule has 1 unspecified atom stereocenters. The molecule has 5 nitrogen and oxygen atoms in total. The molecule has 19 heavy (non-hydrogen) atoms. The molecule has 100 valence electrons. The summed E-state index contributed by atoms with van der Waals surface area (Å²) in [4.78, 5) is 4.40. The van der Waals surface area contributed by atoms with Gasteiger partial charge >= 0.3 is 0 Å². The van der Waals surface area contributed by atoms with Crippen LogP contribution in [0.2, 0.25) is 0 Å². The zero-order valence-corrected chi connectivity index (χ0v) is 11.4. The van der Waals surface area contributed by atoms with Gasteiger partial charge in [0.1, 0.15) is 11.6 Å². The molecule has 2 aromatic heterocycles. The summed E-state index contributed by atoms with van der Waals surface area (Å²) < 4.78 is 2.24. The molecule has 0 aliphatic carbocycles. The van der Waals surface area contributed by atoms with Crippen molar-refractivity contribution in [2.75, 3.05) is 0 Å². The topological polar surface area (TPSA) is 55.6 Å². The monoisotopic (exact) mass is 257 g/mol. The number of hydrogen-bond donors (Lipinski definition) is 1. The largest absolute Gasteiger partial charge is 0.314 e. The van der Waals surface area contributed by atoms with Gasteiger partial charge in [-0.15, -0.1) is 10.2 Å². The fourth-order valence-corrected chi connectivity index (χ4v) is 2.45. The summed E-state index contributed by atoms with van der Waals surface area (Å²) in [5, 5.41) is 12.0. The third kappa shape index (κ3) is 2.51. The van der Waals surface area contributed by atoms with Gasteiger partial charge in [0.25, 0.3) is 0 Å². The second kappa shape index (κ2) is 5.09. The van der Waals surface area contributed by atoms with E-state index in [1.54, 1.807) is 0 Å². The molecule has 0 saturated carbocycles. The Kier molecular flexibility index (Phi) is 3.29. The van der Waals surface area contributed by atoms with E-state index < -0.39 is 0 Å². The second-order valence-corrected chi connectivity index (χ2v) is 5.16. The number of nitrogens with one attached hydrogen (secondary N) is 1. The van der Waals surface area contributed by atoms with Crippen LogP contribution in [0.4, 0.5) is 0 Å². The highest BCUT2D eigenvalue weighted by molar-refractivity contribution is 5.12. The molecule has 3 heterocycles. The highest BCUT2D eigenvalue weighted by Gasteiger charge is 2.20. The molecule has 0 aromatic carbocycles. The third-order valence-electron chi connectivity index (χ3n) is 3.59. The van der Waals surface area contributed by atoms with Crippen LogP contribution in [-0.4, -0.2) is 19.7 Å². The maximum Gasteiger partial charge on any atom is 0.149 e. The molecular weight excluding hydrogens is 238 g/mol. The molecule has 0 fully saturated rings. The second-order valence-electron chi connectivity index (χ2n) is 5.16.